The second kappa shape index (κ2) is 3.78. The van der Waals surface area contributed by atoms with Gasteiger partial charge in [0.1, 0.15) is 0 Å². The molecule has 0 spiro atoms. The molecule has 20 heavy (non-hydrogen) atoms. The van der Waals surface area contributed by atoms with Crippen molar-refractivity contribution in [3.63, 3.8) is 0 Å². The van der Waals surface area contributed by atoms with Gasteiger partial charge in [0.2, 0.25) is 0 Å². The highest BCUT2D eigenvalue weighted by molar-refractivity contribution is 7.36. The maximum Gasteiger partial charge on any atom is 0.0709 e. The summed E-state index contributed by atoms with van der Waals surface area (Å²) < 4.78 is 5.47. The molecule has 0 aliphatic carbocycles. The van der Waals surface area contributed by atoms with E-state index in [2.05, 4.69) is 53.5 Å². The molecule has 0 bridgehead atoms. The molecule has 0 N–H and O–H groups in total. The highest BCUT2D eigenvalue weighted by Crippen LogP contribution is 2.45. The van der Waals surface area contributed by atoms with E-state index in [4.69, 9.17) is 0 Å². The number of nitrogens with zero attached hydrogens (tertiary/aromatic N) is 1. The SMILES string of the molecule is c1ccc2c(c1)ncc1sc3c4ccccc4sc3c12. The molecule has 3 aromatic heterocycles. The third-order valence-electron chi connectivity index (χ3n) is 3.73. The summed E-state index contributed by atoms with van der Waals surface area (Å²) in [5.74, 6) is 0. The van der Waals surface area contributed by atoms with Crippen LogP contribution in [-0.2, 0) is 0 Å². The first-order valence-electron chi connectivity index (χ1n) is 6.49. The van der Waals surface area contributed by atoms with Gasteiger partial charge < -0.3 is 0 Å². The third-order valence-corrected chi connectivity index (χ3v) is 6.20. The summed E-state index contributed by atoms with van der Waals surface area (Å²) in [6.45, 7) is 0. The molecule has 0 saturated carbocycles. The Morgan fingerprint density at radius 2 is 1.45 bits per heavy atom. The standard InChI is InChI=1S/C17H9NS2/c1-3-7-12-10(5-1)15-14(9-18-12)20-16-11-6-2-4-8-13(11)19-17(15)16/h1-9H. The summed E-state index contributed by atoms with van der Waals surface area (Å²) in [5, 5.41) is 4.01. The zero-order valence-corrected chi connectivity index (χ0v) is 12.1. The average Bonchev–Trinajstić information content (AvgIpc) is 3.03. The van der Waals surface area contributed by atoms with E-state index in [1.165, 1.54) is 35.0 Å². The van der Waals surface area contributed by atoms with Gasteiger partial charge in [0, 0.05) is 27.1 Å². The van der Waals surface area contributed by atoms with Gasteiger partial charge in [0.15, 0.2) is 0 Å². The molecule has 0 amide bonds. The molecule has 0 aliphatic heterocycles. The summed E-state index contributed by atoms with van der Waals surface area (Å²) >= 11 is 3.76. The lowest BCUT2D eigenvalue weighted by atomic mass is 10.1. The molecular formula is C17H9NS2. The van der Waals surface area contributed by atoms with Crippen molar-refractivity contribution in [3.8, 4) is 0 Å². The number of aromatic nitrogens is 1. The molecule has 3 heteroatoms. The van der Waals surface area contributed by atoms with Crippen LogP contribution in [0.2, 0.25) is 0 Å². The monoisotopic (exact) mass is 291 g/mol. The molecular weight excluding hydrogens is 282 g/mol. The zero-order valence-electron chi connectivity index (χ0n) is 10.5. The summed E-state index contributed by atoms with van der Waals surface area (Å²) in [6.07, 6.45) is 2.02. The summed E-state index contributed by atoms with van der Waals surface area (Å²) in [5.41, 5.74) is 1.08. The van der Waals surface area contributed by atoms with E-state index in [-0.39, 0.29) is 0 Å². The fraction of sp³-hybridized carbons (Fsp3) is 0. The Morgan fingerprint density at radius 3 is 2.40 bits per heavy atom. The lowest BCUT2D eigenvalue weighted by Gasteiger charge is -1.97. The van der Waals surface area contributed by atoms with Crippen LogP contribution in [0.4, 0.5) is 0 Å². The zero-order chi connectivity index (χ0) is 13.1. The predicted molar refractivity (Wildman–Crippen MR) is 90.0 cm³/mol. The Balaban J connectivity index is 2.13. The van der Waals surface area contributed by atoms with Crippen molar-refractivity contribution in [1.82, 2.24) is 4.98 Å². The Hall–Kier alpha value is -1.97. The van der Waals surface area contributed by atoms with Gasteiger partial charge in [-0.15, -0.1) is 22.7 Å². The molecule has 0 atom stereocenters. The lowest BCUT2D eigenvalue weighted by Crippen LogP contribution is -1.77. The average molecular weight is 291 g/mol. The lowest BCUT2D eigenvalue weighted by molar-refractivity contribution is 1.46. The number of fused-ring (bicyclic) bond motifs is 7. The van der Waals surface area contributed by atoms with Gasteiger partial charge in [0.25, 0.3) is 0 Å². The molecule has 94 valence electrons. The second-order valence-corrected chi connectivity index (χ2v) is 6.98. The van der Waals surface area contributed by atoms with Crippen LogP contribution in [0.15, 0.2) is 54.7 Å². The number of hydrogen-bond donors (Lipinski definition) is 0. The first-order chi connectivity index (χ1) is 9.92. The highest BCUT2D eigenvalue weighted by Gasteiger charge is 2.14. The Morgan fingerprint density at radius 1 is 0.700 bits per heavy atom. The van der Waals surface area contributed by atoms with Crippen molar-refractivity contribution in [2.24, 2.45) is 0 Å². The van der Waals surface area contributed by atoms with Crippen LogP contribution in [0.1, 0.15) is 0 Å². The maximum absolute atomic E-state index is 4.58. The molecule has 2 aromatic carbocycles. The summed E-state index contributed by atoms with van der Waals surface area (Å²) in [6, 6.07) is 17.1. The van der Waals surface area contributed by atoms with Crippen molar-refractivity contribution < 1.29 is 0 Å². The Labute approximate surface area is 123 Å². The highest BCUT2D eigenvalue weighted by atomic mass is 32.1. The van der Waals surface area contributed by atoms with Crippen LogP contribution < -0.4 is 0 Å². The van der Waals surface area contributed by atoms with Gasteiger partial charge in [-0.25, -0.2) is 0 Å². The fourth-order valence-corrected chi connectivity index (χ4v) is 5.50. The van der Waals surface area contributed by atoms with Crippen LogP contribution in [0.5, 0.6) is 0 Å². The molecule has 0 unspecified atom stereocenters. The van der Waals surface area contributed by atoms with Crippen molar-refractivity contribution >= 4 is 63.1 Å². The van der Waals surface area contributed by atoms with Crippen molar-refractivity contribution in [2.75, 3.05) is 0 Å². The van der Waals surface area contributed by atoms with Gasteiger partial charge >= 0.3 is 0 Å². The number of para-hydroxylation sites is 1. The van der Waals surface area contributed by atoms with Crippen molar-refractivity contribution in [1.29, 1.82) is 0 Å². The molecule has 3 heterocycles. The smallest absolute Gasteiger partial charge is 0.0709 e. The molecule has 0 radical (unpaired) electrons. The minimum atomic E-state index is 1.08. The van der Waals surface area contributed by atoms with Crippen LogP contribution >= 0.6 is 22.7 Å². The minimum Gasteiger partial charge on any atom is -0.255 e. The fourth-order valence-electron chi connectivity index (χ4n) is 2.83. The molecule has 5 aromatic rings. The first-order valence-corrected chi connectivity index (χ1v) is 8.12. The van der Waals surface area contributed by atoms with Gasteiger partial charge in [-0.3, -0.25) is 4.98 Å². The van der Waals surface area contributed by atoms with Gasteiger partial charge in [-0.05, 0) is 12.1 Å². The van der Waals surface area contributed by atoms with E-state index in [1.807, 2.05) is 28.9 Å². The van der Waals surface area contributed by atoms with E-state index in [1.54, 1.807) is 0 Å². The Kier molecular flexibility index (Phi) is 2.04. The minimum absolute atomic E-state index is 1.08. The number of benzene rings is 2. The largest absolute Gasteiger partial charge is 0.255 e. The summed E-state index contributed by atoms with van der Waals surface area (Å²) in [4.78, 5) is 4.58. The van der Waals surface area contributed by atoms with Crippen LogP contribution in [0.25, 0.3) is 40.5 Å². The van der Waals surface area contributed by atoms with Crippen LogP contribution in [0.3, 0.4) is 0 Å². The molecule has 1 nitrogen and oxygen atoms in total. The molecule has 0 aliphatic rings. The predicted octanol–water partition coefficient (Wildman–Crippen LogP) is 5.82. The normalized spacial score (nSPS) is 12.0. The van der Waals surface area contributed by atoms with Crippen LogP contribution in [0, 0.1) is 0 Å². The summed E-state index contributed by atoms with van der Waals surface area (Å²) in [7, 11) is 0. The van der Waals surface area contributed by atoms with E-state index < -0.39 is 0 Å². The van der Waals surface area contributed by atoms with Gasteiger partial charge in [-0.2, -0.15) is 0 Å². The van der Waals surface area contributed by atoms with E-state index in [0.29, 0.717) is 0 Å². The third kappa shape index (κ3) is 1.29. The quantitative estimate of drug-likeness (QED) is 0.350. The Bertz CT molecular complexity index is 1100. The molecule has 5 rings (SSSR count). The number of pyridine rings is 1. The van der Waals surface area contributed by atoms with Crippen LogP contribution in [-0.4, -0.2) is 4.98 Å². The number of hydrogen-bond acceptors (Lipinski definition) is 3. The van der Waals surface area contributed by atoms with Gasteiger partial charge in [0.05, 0.1) is 19.6 Å². The van der Waals surface area contributed by atoms with Crippen molar-refractivity contribution in [3.05, 3.63) is 54.7 Å². The van der Waals surface area contributed by atoms with E-state index >= 15 is 0 Å². The number of thiophene rings is 2. The second-order valence-electron chi connectivity index (χ2n) is 4.87. The van der Waals surface area contributed by atoms with Gasteiger partial charge in [-0.1, -0.05) is 36.4 Å². The first kappa shape index (κ1) is 10.8. The molecule has 0 fully saturated rings. The molecule has 0 saturated heterocycles. The maximum atomic E-state index is 4.58. The number of rotatable bonds is 0. The van der Waals surface area contributed by atoms with E-state index in [0.717, 1.165) is 5.52 Å². The van der Waals surface area contributed by atoms with Crippen molar-refractivity contribution in [2.45, 2.75) is 0 Å². The topological polar surface area (TPSA) is 12.9 Å². The van der Waals surface area contributed by atoms with E-state index in [9.17, 15) is 0 Å².